The number of hydrogen-bond donors (Lipinski definition) is 2. The molecule has 0 aromatic heterocycles. The summed E-state index contributed by atoms with van der Waals surface area (Å²) in [7, 11) is 0. The van der Waals surface area contributed by atoms with E-state index in [1.807, 2.05) is 4.31 Å². The van der Waals surface area contributed by atoms with Gasteiger partial charge in [0.15, 0.2) is 0 Å². The van der Waals surface area contributed by atoms with Gasteiger partial charge in [-0.3, -0.25) is 4.72 Å². The third-order valence-corrected chi connectivity index (χ3v) is 2.22. The Morgan fingerprint density at radius 3 is 2.60 bits per heavy atom. The molecule has 0 unspecified atom stereocenters. The Bertz CT molecular complexity index is 125. The summed E-state index contributed by atoms with van der Waals surface area (Å²) in [5.74, 6) is 0. The SMILES string of the molecule is O=C(O)NSN1CCCC1. The van der Waals surface area contributed by atoms with Gasteiger partial charge in [-0.25, -0.2) is 9.10 Å². The zero-order valence-electron chi connectivity index (χ0n) is 5.54. The molecule has 1 fully saturated rings. The smallest absolute Gasteiger partial charge is 0.415 e. The first-order valence-corrected chi connectivity index (χ1v) is 3.97. The number of rotatable bonds is 2. The van der Waals surface area contributed by atoms with Gasteiger partial charge >= 0.3 is 6.09 Å². The van der Waals surface area contributed by atoms with Crippen LogP contribution >= 0.6 is 12.1 Å². The van der Waals surface area contributed by atoms with Crippen LogP contribution in [0.2, 0.25) is 0 Å². The molecule has 0 bridgehead atoms. The summed E-state index contributed by atoms with van der Waals surface area (Å²) >= 11 is 1.18. The van der Waals surface area contributed by atoms with E-state index in [2.05, 4.69) is 4.72 Å². The maximum absolute atomic E-state index is 10.00. The van der Waals surface area contributed by atoms with E-state index in [1.165, 1.54) is 25.0 Å². The molecule has 1 rings (SSSR count). The summed E-state index contributed by atoms with van der Waals surface area (Å²) in [5, 5.41) is 8.22. The standard InChI is InChI=1S/C5H10N2O2S/c8-5(9)6-10-7-3-1-2-4-7/h6H,1-4H2,(H,8,9). The van der Waals surface area contributed by atoms with E-state index >= 15 is 0 Å². The van der Waals surface area contributed by atoms with E-state index in [4.69, 9.17) is 5.11 Å². The van der Waals surface area contributed by atoms with E-state index in [0.29, 0.717) is 0 Å². The van der Waals surface area contributed by atoms with Crippen molar-refractivity contribution in [3.05, 3.63) is 0 Å². The molecule has 1 aliphatic rings. The van der Waals surface area contributed by atoms with Crippen molar-refractivity contribution in [3.63, 3.8) is 0 Å². The Morgan fingerprint density at radius 1 is 1.50 bits per heavy atom. The van der Waals surface area contributed by atoms with Crippen LogP contribution in [0.4, 0.5) is 4.79 Å². The Kier molecular flexibility index (Phi) is 2.82. The van der Waals surface area contributed by atoms with E-state index in [-0.39, 0.29) is 0 Å². The van der Waals surface area contributed by atoms with Crippen LogP contribution in [0.1, 0.15) is 12.8 Å². The van der Waals surface area contributed by atoms with Gasteiger partial charge < -0.3 is 5.11 Å². The second kappa shape index (κ2) is 3.68. The molecule has 4 nitrogen and oxygen atoms in total. The fourth-order valence-electron chi connectivity index (χ4n) is 0.883. The van der Waals surface area contributed by atoms with Gasteiger partial charge in [-0.05, 0) is 12.8 Å². The highest BCUT2D eigenvalue weighted by molar-refractivity contribution is 7.95. The van der Waals surface area contributed by atoms with Crippen LogP contribution in [0, 0.1) is 0 Å². The molecule has 0 atom stereocenters. The molecule has 0 spiro atoms. The summed E-state index contributed by atoms with van der Waals surface area (Å²) in [6.45, 7) is 1.98. The number of amides is 1. The summed E-state index contributed by atoms with van der Waals surface area (Å²) in [6, 6.07) is 0. The Balaban J connectivity index is 2.07. The van der Waals surface area contributed by atoms with Crippen LogP contribution < -0.4 is 4.72 Å². The minimum atomic E-state index is -0.975. The number of nitrogens with zero attached hydrogens (tertiary/aromatic N) is 1. The molecule has 5 heteroatoms. The van der Waals surface area contributed by atoms with Gasteiger partial charge in [-0.15, -0.1) is 0 Å². The first-order chi connectivity index (χ1) is 4.79. The lowest BCUT2D eigenvalue weighted by Crippen LogP contribution is -2.21. The van der Waals surface area contributed by atoms with Crippen LogP contribution in [-0.4, -0.2) is 28.6 Å². The van der Waals surface area contributed by atoms with E-state index < -0.39 is 6.09 Å². The number of carbonyl (C=O) groups is 1. The molecule has 58 valence electrons. The van der Waals surface area contributed by atoms with Crippen LogP contribution in [0.15, 0.2) is 0 Å². The highest BCUT2D eigenvalue weighted by atomic mass is 32.2. The largest absolute Gasteiger partial charge is 0.464 e. The average molecular weight is 162 g/mol. The molecular formula is C5H10N2O2S. The second-order valence-corrected chi connectivity index (χ2v) is 3.04. The summed E-state index contributed by atoms with van der Waals surface area (Å²) < 4.78 is 4.25. The van der Waals surface area contributed by atoms with Gasteiger partial charge in [0.1, 0.15) is 0 Å². The van der Waals surface area contributed by atoms with Gasteiger partial charge in [0, 0.05) is 25.2 Å². The quantitative estimate of drug-likeness (QED) is 0.593. The molecule has 10 heavy (non-hydrogen) atoms. The minimum absolute atomic E-state index is 0.975. The first-order valence-electron chi connectivity index (χ1n) is 3.20. The molecule has 0 aromatic rings. The van der Waals surface area contributed by atoms with Gasteiger partial charge in [-0.2, -0.15) is 0 Å². The van der Waals surface area contributed by atoms with Crippen molar-refractivity contribution < 1.29 is 9.90 Å². The van der Waals surface area contributed by atoms with Crippen LogP contribution in [0.5, 0.6) is 0 Å². The van der Waals surface area contributed by atoms with Crippen molar-refractivity contribution in [1.29, 1.82) is 0 Å². The lowest BCUT2D eigenvalue weighted by molar-refractivity contribution is 0.201. The Hall–Kier alpha value is -0.420. The maximum atomic E-state index is 10.00. The molecule has 1 heterocycles. The lowest BCUT2D eigenvalue weighted by atomic mass is 10.4. The van der Waals surface area contributed by atoms with E-state index in [9.17, 15) is 4.79 Å². The number of carboxylic acid groups (broad SMARTS) is 1. The van der Waals surface area contributed by atoms with E-state index in [1.54, 1.807) is 0 Å². The summed E-state index contributed by atoms with van der Waals surface area (Å²) in [5.41, 5.74) is 0. The van der Waals surface area contributed by atoms with Crippen LogP contribution in [0.25, 0.3) is 0 Å². The molecule has 1 amide bonds. The summed E-state index contributed by atoms with van der Waals surface area (Å²) in [6.07, 6.45) is 1.37. The van der Waals surface area contributed by atoms with Crippen LogP contribution in [0.3, 0.4) is 0 Å². The Labute approximate surface area is 63.9 Å². The molecule has 2 N–H and O–H groups in total. The van der Waals surface area contributed by atoms with Crippen molar-refractivity contribution in [2.24, 2.45) is 0 Å². The zero-order chi connectivity index (χ0) is 7.40. The normalized spacial score (nSPS) is 19.2. The predicted molar refractivity (Wildman–Crippen MR) is 39.6 cm³/mol. The maximum Gasteiger partial charge on any atom is 0.415 e. The third kappa shape index (κ3) is 2.45. The lowest BCUT2D eigenvalue weighted by Gasteiger charge is -2.10. The van der Waals surface area contributed by atoms with Crippen molar-refractivity contribution in [3.8, 4) is 0 Å². The first kappa shape index (κ1) is 7.68. The van der Waals surface area contributed by atoms with Crippen molar-refractivity contribution >= 4 is 18.2 Å². The molecule has 0 aromatic carbocycles. The van der Waals surface area contributed by atoms with Crippen molar-refractivity contribution in [1.82, 2.24) is 9.03 Å². The molecule has 1 saturated heterocycles. The molecule has 0 saturated carbocycles. The minimum Gasteiger partial charge on any atom is -0.464 e. The fourth-order valence-corrected chi connectivity index (χ4v) is 1.53. The highest BCUT2D eigenvalue weighted by Crippen LogP contribution is 2.14. The van der Waals surface area contributed by atoms with Crippen molar-refractivity contribution in [2.75, 3.05) is 13.1 Å². The average Bonchev–Trinajstić information content (AvgIpc) is 2.34. The predicted octanol–water partition coefficient (Wildman–Crippen LogP) is 0.913. The third-order valence-electron chi connectivity index (χ3n) is 1.33. The Morgan fingerprint density at radius 2 is 2.10 bits per heavy atom. The molecule has 1 aliphatic heterocycles. The van der Waals surface area contributed by atoms with Gasteiger partial charge in [-0.1, -0.05) is 0 Å². The summed E-state index contributed by atoms with van der Waals surface area (Å²) in [4.78, 5) is 10.00. The topological polar surface area (TPSA) is 52.6 Å². The zero-order valence-corrected chi connectivity index (χ0v) is 6.36. The van der Waals surface area contributed by atoms with Crippen molar-refractivity contribution in [2.45, 2.75) is 12.8 Å². The second-order valence-electron chi connectivity index (χ2n) is 2.13. The van der Waals surface area contributed by atoms with E-state index in [0.717, 1.165) is 13.1 Å². The molecular weight excluding hydrogens is 152 g/mol. The van der Waals surface area contributed by atoms with Gasteiger partial charge in [0.05, 0.1) is 0 Å². The van der Waals surface area contributed by atoms with Gasteiger partial charge in [0.25, 0.3) is 0 Å². The molecule has 0 aliphatic carbocycles. The highest BCUT2D eigenvalue weighted by Gasteiger charge is 2.12. The molecule has 0 radical (unpaired) electrons. The fraction of sp³-hybridized carbons (Fsp3) is 0.800. The number of nitrogens with one attached hydrogen (secondary N) is 1. The van der Waals surface area contributed by atoms with Crippen LogP contribution in [-0.2, 0) is 0 Å². The number of hydrogen-bond acceptors (Lipinski definition) is 3. The van der Waals surface area contributed by atoms with Gasteiger partial charge in [0.2, 0.25) is 0 Å². The monoisotopic (exact) mass is 162 g/mol.